The number of methoxy groups -OCH3 is 4. The Morgan fingerprint density at radius 2 is 1.57 bits per heavy atom. The van der Waals surface area contributed by atoms with Crippen LogP contribution in [0.4, 0.5) is 5.69 Å². The minimum Gasteiger partial charge on any atom is -0.493 e. The Kier molecular flexibility index (Phi) is 9.43. The van der Waals surface area contributed by atoms with Crippen LogP contribution in [0.25, 0.3) is 0 Å². The maximum absolute atomic E-state index is 5.94. The Morgan fingerprint density at radius 3 is 2.09 bits per heavy atom. The van der Waals surface area contributed by atoms with Crippen molar-refractivity contribution in [2.45, 2.75) is 12.8 Å². The quantitative estimate of drug-likeness (QED) is 0.591. The average molecular weight is 326 g/mol. The Balaban J connectivity index is 2.63. The smallest absolute Gasteiger partial charge is 0.164 e. The molecule has 0 fully saturated rings. The van der Waals surface area contributed by atoms with E-state index in [4.69, 9.17) is 24.7 Å². The highest BCUT2D eigenvalue weighted by Crippen LogP contribution is 2.34. The summed E-state index contributed by atoms with van der Waals surface area (Å²) in [5, 5.41) is 0. The number of hydrogen-bond donors (Lipinski definition) is 1. The highest BCUT2D eigenvalue weighted by Gasteiger charge is 2.12. The first-order valence-electron chi connectivity index (χ1n) is 7.86. The minimum absolute atomic E-state index is 0.679. The lowest BCUT2D eigenvalue weighted by molar-refractivity contribution is 0.113. The summed E-state index contributed by atoms with van der Waals surface area (Å²) in [4.78, 5) is 2.34. The SMILES string of the molecule is COCCN(CCCc1cc(N)cc(OC)c1OC)CCOC. The second-order valence-electron chi connectivity index (χ2n) is 5.35. The molecule has 0 amide bonds. The van der Waals surface area contributed by atoms with Crippen molar-refractivity contribution in [3.8, 4) is 11.5 Å². The maximum atomic E-state index is 5.94. The van der Waals surface area contributed by atoms with Crippen LogP contribution in [0.1, 0.15) is 12.0 Å². The molecule has 6 nitrogen and oxygen atoms in total. The van der Waals surface area contributed by atoms with Gasteiger partial charge >= 0.3 is 0 Å². The lowest BCUT2D eigenvalue weighted by Crippen LogP contribution is -2.31. The number of rotatable bonds is 12. The molecule has 0 aliphatic carbocycles. The molecule has 1 aromatic carbocycles. The van der Waals surface area contributed by atoms with E-state index >= 15 is 0 Å². The summed E-state index contributed by atoms with van der Waals surface area (Å²) >= 11 is 0. The van der Waals surface area contributed by atoms with Gasteiger partial charge in [-0.05, 0) is 25.5 Å². The van der Waals surface area contributed by atoms with Crippen molar-refractivity contribution in [3.63, 3.8) is 0 Å². The fourth-order valence-corrected chi connectivity index (χ4v) is 2.52. The number of nitrogens with two attached hydrogens (primary N) is 1. The van der Waals surface area contributed by atoms with E-state index in [-0.39, 0.29) is 0 Å². The largest absolute Gasteiger partial charge is 0.493 e. The Bertz CT molecular complexity index is 446. The van der Waals surface area contributed by atoms with Crippen LogP contribution in [0.5, 0.6) is 11.5 Å². The van der Waals surface area contributed by atoms with E-state index in [0.717, 1.165) is 57.0 Å². The van der Waals surface area contributed by atoms with Gasteiger partial charge in [0.2, 0.25) is 0 Å². The number of hydrogen-bond acceptors (Lipinski definition) is 6. The summed E-state index contributed by atoms with van der Waals surface area (Å²) in [5.41, 5.74) is 7.70. The fraction of sp³-hybridized carbons (Fsp3) is 0.647. The molecule has 0 aliphatic rings. The summed E-state index contributed by atoms with van der Waals surface area (Å²) in [5.74, 6) is 1.44. The first kappa shape index (κ1) is 19.5. The monoisotopic (exact) mass is 326 g/mol. The highest BCUT2D eigenvalue weighted by atomic mass is 16.5. The molecule has 0 spiro atoms. The van der Waals surface area contributed by atoms with Crippen LogP contribution in [0, 0.1) is 0 Å². The summed E-state index contributed by atoms with van der Waals surface area (Å²) in [6, 6.07) is 3.74. The lowest BCUT2D eigenvalue weighted by Gasteiger charge is -2.22. The molecule has 1 rings (SSSR count). The Labute approximate surface area is 139 Å². The van der Waals surface area contributed by atoms with E-state index in [1.807, 2.05) is 6.07 Å². The highest BCUT2D eigenvalue weighted by molar-refractivity contribution is 5.57. The molecule has 0 saturated heterocycles. The number of anilines is 1. The first-order valence-corrected chi connectivity index (χ1v) is 7.86. The van der Waals surface area contributed by atoms with E-state index in [9.17, 15) is 0 Å². The van der Waals surface area contributed by atoms with Crippen LogP contribution in [-0.2, 0) is 15.9 Å². The number of nitrogen functional groups attached to an aromatic ring is 1. The third kappa shape index (κ3) is 6.64. The molecule has 0 heterocycles. The Morgan fingerprint density at radius 1 is 0.913 bits per heavy atom. The third-order valence-corrected chi connectivity index (χ3v) is 3.72. The van der Waals surface area contributed by atoms with Crippen LogP contribution in [0.3, 0.4) is 0 Å². The molecule has 0 saturated carbocycles. The van der Waals surface area contributed by atoms with Gasteiger partial charge in [-0.1, -0.05) is 0 Å². The average Bonchev–Trinajstić information content (AvgIpc) is 2.56. The summed E-state index contributed by atoms with van der Waals surface area (Å²) in [7, 11) is 6.72. The molecule has 2 N–H and O–H groups in total. The van der Waals surface area contributed by atoms with Crippen LogP contribution < -0.4 is 15.2 Å². The molecule has 0 aliphatic heterocycles. The zero-order valence-corrected chi connectivity index (χ0v) is 14.8. The van der Waals surface area contributed by atoms with Gasteiger partial charge in [0.25, 0.3) is 0 Å². The molecule has 0 unspecified atom stereocenters. The van der Waals surface area contributed by atoms with Crippen molar-refractivity contribution in [2.24, 2.45) is 0 Å². The zero-order valence-electron chi connectivity index (χ0n) is 14.8. The van der Waals surface area contributed by atoms with E-state index in [2.05, 4.69) is 4.90 Å². The van der Waals surface area contributed by atoms with Crippen LogP contribution in [-0.4, -0.2) is 66.2 Å². The predicted molar refractivity (Wildman–Crippen MR) is 92.5 cm³/mol. The van der Waals surface area contributed by atoms with Crippen molar-refractivity contribution < 1.29 is 18.9 Å². The number of benzene rings is 1. The summed E-state index contributed by atoms with van der Waals surface area (Å²) < 4.78 is 21.1. The van der Waals surface area contributed by atoms with Crippen LogP contribution >= 0.6 is 0 Å². The predicted octanol–water partition coefficient (Wildman–Crippen LogP) is 1.81. The van der Waals surface area contributed by atoms with Gasteiger partial charge in [-0.15, -0.1) is 0 Å². The molecular formula is C17H30N2O4. The summed E-state index contributed by atoms with van der Waals surface area (Å²) in [6.07, 6.45) is 1.87. The zero-order chi connectivity index (χ0) is 17.1. The Hall–Kier alpha value is -1.50. The normalized spacial score (nSPS) is 11.0. The second-order valence-corrected chi connectivity index (χ2v) is 5.35. The van der Waals surface area contributed by atoms with E-state index in [0.29, 0.717) is 11.4 Å². The van der Waals surface area contributed by atoms with Crippen molar-refractivity contribution in [3.05, 3.63) is 17.7 Å². The van der Waals surface area contributed by atoms with Crippen molar-refractivity contribution in [2.75, 3.05) is 67.0 Å². The van der Waals surface area contributed by atoms with Gasteiger partial charge in [-0.3, -0.25) is 4.90 Å². The summed E-state index contributed by atoms with van der Waals surface area (Å²) in [6.45, 7) is 4.21. The third-order valence-electron chi connectivity index (χ3n) is 3.72. The molecule has 0 atom stereocenters. The van der Waals surface area contributed by atoms with Gasteiger partial charge in [-0.25, -0.2) is 0 Å². The van der Waals surface area contributed by atoms with Crippen LogP contribution in [0.2, 0.25) is 0 Å². The van der Waals surface area contributed by atoms with Crippen molar-refractivity contribution in [1.82, 2.24) is 4.90 Å². The topological polar surface area (TPSA) is 66.2 Å². The number of aryl methyl sites for hydroxylation is 1. The van der Waals surface area contributed by atoms with Gasteiger partial charge in [0.15, 0.2) is 11.5 Å². The molecule has 0 bridgehead atoms. The van der Waals surface area contributed by atoms with Gasteiger partial charge in [0, 0.05) is 44.6 Å². The molecule has 0 radical (unpaired) electrons. The van der Waals surface area contributed by atoms with E-state index in [1.165, 1.54) is 0 Å². The van der Waals surface area contributed by atoms with Crippen molar-refractivity contribution in [1.29, 1.82) is 0 Å². The standard InChI is InChI=1S/C17H30N2O4/c1-20-10-8-19(9-11-21-2)7-5-6-14-12-15(18)13-16(22-3)17(14)23-4/h12-13H,5-11,18H2,1-4H3. The molecular weight excluding hydrogens is 296 g/mol. The molecule has 23 heavy (non-hydrogen) atoms. The van der Waals surface area contributed by atoms with Gasteiger partial charge in [-0.2, -0.15) is 0 Å². The molecule has 0 aromatic heterocycles. The fourth-order valence-electron chi connectivity index (χ4n) is 2.52. The molecule has 6 heteroatoms. The molecule has 1 aromatic rings. The molecule has 132 valence electrons. The number of ether oxygens (including phenoxy) is 4. The number of nitrogens with zero attached hydrogens (tertiary/aromatic N) is 1. The maximum Gasteiger partial charge on any atom is 0.164 e. The van der Waals surface area contributed by atoms with Gasteiger partial charge < -0.3 is 24.7 Å². The first-order chi connectivity index (χ1) is 11.2. The van der Waals surface area contributed by atoms with Crippen molar-refractivity contribution >= 4 is 5.69 Å². The van der Waals surface area contributed by atoms with Crippen LogP contribution in [0.15, 0.2) is 12.1 Å². The second kappa shape index (κ2) is 11.1. The van der Waals surface area contributed by atoms with Gasteiger partial charge in [0.05, 0.1) is 27.4 Å². The minimum atomic E-state index is 0.679. The van der Waals surface area contributed by atoms with Gasteiger partial charge in [0.1, 0.15) is 0 Å². The van der Waals surface area contributed by atoms with E-state index in [1.54, 1.807) is 34.5 Å². The van der Waals surface area contributed by atoms with E-state index < -0.39 is 0 Å². The lowest BCUT2D eigenvalue weighted by atomic mass is 10.1.